The Labute approximate surface area is 174 Å². The van der Waals surface area contributed by atoms with Gasteiger partial charge in [-0.3, -0.25) is 0 Å². The lowest BCUT2D eigenvalue weighted by Crippen LogP contribution is -2.00. The first-order valence-corrected chi connectivity index (χ1v) is 10.2. The molecule has 4 rings (SSSR count). The van der Waals surface area contributed by atoms with Gasteiger partial charge in [-0.2, -0.15) is 0 Å². The number of halogens is 1. The lowest BCUT2D eigenvalue weighted by atomic mass is 9.99. The number of aromatic nitrogens is 2. The third kappa shape index (κ3) is 3.39. The van der Waals surface area contributed by atoms with Crippen LogP contribution in [0, 0.1) is 13.8 Å². The molecule has 0 atom stereocenters. The monoisotopic (exact) mass is 453 g/mol. The number of anilines is 2. The zero-order chi connectivity index (χ0) is 19.8. The van der Waals surface area contributed by atoms with Crippen LogP contribution in [0.15, 0.2) is 52.6 Å². The molecule has 0 saturated heterocycles. The summed E-state index contributed by atoms with van der Waals surface area (Å²) in [6.07, 6.45) is 1.53. The quantitative estimate of drug-likeness (QED) is 0.385. The highest BCUT2D eigenvalue weighted by Gasteiger charge is 2.16. The first-order valence-electron chi connectivity index (χ1n) is 8.53. The van der Waals surface area contributed by atoms with Crippen molar-refractivity contribution in [2.45, 2.75) is 13.8 Å². The van der Waals surface area contributed by atoms with Crippen LogP contribution < -0.4 is 5.32 Å². The molecule has 0 radical (unpaired) electrons. The van der Waals surface area contributed by atoms with Gasteiger partial charge in [0.25, 0.3) is 0 Å². The Balaban J connectivity index is 1.82. The SMILES string of the molecule is Cc1ccc(-c2csc3ncnc(Nc4ccc(C(=O)O)cc4Br)c23)c(C)c1. The van der Waals surface area contributed by atoms with Crippen LogP contribution in [0.5, 0.6) is 0 Å². The Kier molecular flexibility index (Phi) is 4.87. The molecule has 7 heteroatoms. The Morgan fingerprint density at radius 3 is 2.64 bits per heavy atom. The number of carboxylic acids is 1. The Morgan fingerprint density at radius 2 is 1.93 bits per heavy atom. The number of nitrogens with zero attached hydrogens (tertiary/aromatic N) is 2. The third-order valence-corrected chi connectivity index (χ3v) is 6.05. The molecule has 2 aromatic heterocycles. The molecule has 0 saturated carbocycles. The van der Waals surface area contributed by atoms with E-state index in [-0.39, 0.29) is 5.56 Å². The molecular weight excluding hydrogens is 438 g/mol. The summed E-state index contributed by atoms with van der Waals surface area (Å²) in [5.41, 5.74) is 5.60. The molecule has 0 amide bonds. The predicted molar refractivity (Wildman–Crippen MR) is 117 cm³/mol. The summed E-state index contributed by atoms with van der Waals surface area (Å²) in [6, 6.07) is 11.3. The average molecular weight is 454 g/mol. The van der Waals surface area contributed by atoms with Crippen LogP contribution in [0.1, 0.15) is 21.5 Å². The number of carbonyl (C=O) groups is 1. The Bertz CT molecular complexity index is 1220. The fraction of sp³-hybridized carbons (Fsp3) is 0.0952. The fourth-order valence-electron chi connectivity index (χ4n) is 3.16. The van der Waals surface area contributed by atoms with Crippen molar-refractivity contribution in [1.29, 1.82) is 0 Å². The van der Waals surface area contributed by atoms with Crippen LogP contribution in [-0.2, 0) is 0 Å². The predicted octanol–water partition coefficient (Wildman–Crippen LogP) is 6.18. The van der Waals surface area contributed by atoms with Crippen LogP contribution >= 0.6 is 27.3 Å². The Morgan fingerprint density at radius 1 is 1.11 bits per heavy atom. The maximum atomic E-state index is 11.2. The van der Waals surface area contributed by atoms with E-state index in [1.165, 1.54) is 17.5 Å². The molecule has 0 unspecified atom stereocenters. The minimum absolute atomic E-state index is 0.219. The van der Waals surface area contributed by atoms with Crippen molar-refractivity contribution >= 4 is 55.0 Å². The number of hydrogen-bond donors (Lipinski definition) is 2. The van der Waals surface area contributed by atoms with Crippen LogP contribution in [-0.4, -0.2) is 21.0 Å². The van der Waals surface area contributed by atoms with Crippen molar-refractivity contribution in [2.75, 3.05) is 5.32 Å². The van der Waals surface area contributed by atoms with E-state index in [1.54, 1.807) is 29.5 Å². The van der Waals surface area contributed by atoms with Gasteiger partial charge < -0.3 is 10.4 Å². The molecule has 0 aliphatic heterocycles. The van der Waals surface area contributed by atoms with Gasteiger partial charge in [0.05, 0.1) is 16.6 Å². The second kappa shape index (κ2) is 7.33. The van der Waals surface area contributed by atoms with Gasteiger partial charge >= 0.3 is 5.97 Å². The lowest BCUT2D eigenvalue weighted by molar-refractivity contribution is 0.0697. The van der Waals surface area contributed by atoms with E-state index in [2.05, 4.69) is 68.6 Å². The molecule has 4 aromatic rings. The minimum Gasteiger partial charge on any atom is -0.478 e. The molecule has 140 valence electrons. The number of hydrogen-bond acceptors (Lipinski definition) is 5. The average Bonchev–Trinajstić information content (AvgIpc) is 3.08. The maximum absolute atomic E-state index is 11.2. The number of benzene rings is 2. The normalized spacial score (nSPS) is 11.0. The van der Waals surface area contributed by atoms with Crippen LogP contribution in [0.25, 0.3) is 21.3 Å². The molecule has 0 aliphatic carbocycles. The maximum Gasteiger partial charge on any atom is 0.335 e. The van der Waals surface area contributed by atoms with Crippen molar-refractivity contribution in [1.82, 2.24) is 9.97 Å². The molecule has 0 fully saturated rings. The zero-order valence-electron chi connectivity index (χ0n) is 15.2. The molecule has 2 aromatic carbocycles. The van der Waals surface area contributed by atoms with Crippen molar-refractivity contribution in [3.63, 3.8) is 0 Å². The van der Waals surface area contributed by atoms with Crippen molar-refractivity contribution in [2.24, 2.45) is 0 Å². The lowest BCUT2D eigenvalue weighted by Gasteiger charge is -2.12. The third-order valence-electron chi connectivity index (χ3n) is 4.51. The van der Waals surface area contributed by atoms with E-state index in [9.17, 15) is 4.79 Å². The molecular formula is C21H16BrN3O2S. The summed E-state index contributed by atoms with van der Waals surface area (Å²) in [7, 11) is 0. The van der Waals surface area contributed by atoms with Crippen LogP contribution in [0.4, 0.5) is 11.5 Å². The van der Waals surface area contributed by atoms with Crippen LogP contribution in [0.2, 0.25) is 0 Å². The molecule has 28 heavy (non-hydrogen) atoms. The van der Waals surface area contributed by atoms with Gasteiger partial charge in [-0.15, -0.1) is 11.3 Å². The molecule has 5 nitrogen and oxygen atoms in total. The van der Waals surface area contributed by atoms with Gasteiger partial charge in [0, 0.05) is 15.4 Å². The number of carboxylic acid groups (broad SMARTS) is 1. The van der Waals surface area contributed by atoms with E-state index in [0.29, 0.717) is 10.3 Å². The van der Waals surface area contributed by atoms with Crippen molar-refractivity contribution in [3.05, 3.63) is 69.3 Å². The first-order chi connectivity index (χ1) is 13.4. The second-order valence-electron chi connectivity index (χ2n) is 6.49. The van der Waals surface area contributed by atoms with Crippen molar-refractivity contribution < 1.29 is 9.90 Å². The first kappa shape index (κ1) is 18.6. The van der Waals surface area contributed by atoms with E-state index in [4.69, 9.17) is 5.11 Å². The van der Waals surface area contributed by atoms with Crippen LogP contribution in [0.3, 0.4) is 0 Å². The number of aromatic carboxylic acids is 1. The van der Waals surface area contributed by atoms with E-state index in [1.807, 2.05) is 0 Å². The number of rotatable bonds is 4. The number of nitrogens with one attached hydrogen (secondary N) is 1. The second-order valence-corrected chi connectivity index (χ2v) is 8.21. The summed E-state index contributed by atoms with van der Waals surface area (Å²) >= 11 is 5.02. The summed E-state index contributed by atoms with van der Waals surface area (Å²) in [5.74, 6) is -0.281. The van der Waals surface area contributed by atoms with Gasteiger partial charge in [-0.25, -0.2) is 14.8 Å². The van der Waals surface area contributed by atoms with E-state index in [0.717, 1.165) is 27.0 Å². The Hall–Kier alpha value is -2.77. The summed E-state index contributed by atoms with van der Waals surface area (Å²) in [5, 5.41) is 15.5. The van der Waals surface area contributed by atoms with Gasteiger partial charge in [-0.05, 0) is 59.1 Å². The zero-order valence-corrected chi connectivity index (χ0v) is 17.6. The van der Waals surface area contributed by atoms with E-state index >= 15 is 0 Å². The standard InChI is InChI=1S/C21H16BrN3O2S/c1-11-3-5-14(12(2)7-11)15-9-28-20-18(15)19(23-10-24-20)25-17-6-4-13(21(26)27)8-16(17)22/h3-10H,1-2H3,(H,26,27)(H,23,24,25). The molecule has 0 spiro atoms. The molecule has 2 heterocycles. The minimum atomic E-state index is -0.966. The van der Waals surface area contributed by atoms with E-state index < -0.39 is 5.97 Å². The summed E-state index contributed by atoms with van der Waals surface area (Å²) < 4.78 is 0.655. The fourth-order valence-corrected chi connectivity index (χ4v) is 4.55. The highest BCUT2D eigenvalue weighted by atomic mass is 79.9. The topological polar surface area (TPSA) is 75.1 Å². The highest BCUT2D eigenvalue weighted by Crippen LogP contribution is 2.39. The molecule has 0 aliphatic rings. The smallest absolute Gasteiger partial charge is 0.335 e. The summed E-state index contributed by atoms with van der Waals surface area (Å²) in [6.45, 7) is 4.18. The molecule has 2 N–H and O–H groups in total. The van der Waals surface area contributed by atoms with Gasteiger partial charge in [0.15, 0.2) is 0 Å². The van der Waals surface area contributed by atoms with Gasteiger partial charge in [-0.1, -0.05) is 23.8 Å². The molecule has 0 bridgehead atoms. The van der Waals surface area contributed by atoms with Gasteiger partial charge in [0.1, 0.15) is 17.0 Å². The summed E-state index contributed by atoms with van der Waals surface area (Å²) in [4.78, 5) is 20.9. The number of thiophene rings is 1. The number of fused-ring (bicyclic) bond motifs is 1. The number of aryl methyl sites for hydroxylation is 2. The largest absolute Gasteiger partial charge is 0.478 e. The highest BCUT2D eigenvalue weighted by molar-refractivity contribution is 9.10. The van der Waals surface area contributed by atoms with Crippen molar-refractivity contribution in [3.8, 4) is 11.1 Å². The van der Waals surface area contributed by atoms with Gasteiger partial charge in [0.2, 0.25) is 0 Å².